The number of carbonyl (C=O) groups is 1. The Labute approximate surface area is 135 Å². The number of aromatic nitrogens is 2. The first-order chi connectivity index (χ1) is 11.2. The van der Waals surface area contributed by atoms with Crippen LogP contribution in [0, 0.1) is 17.8 Å². The molecule has 0 radical (unpaired) electrons. The van der Waals surface area contributed by atoms with Gasteiger partial charge >= 0.3 is 0 Å². The van der Waals surface area contributed by atoms with E-state index in [4.69, 9.17) is 5.73 Å². The molecule has 1 aromatic carbocycles. The molecule has 4 rings (SSSR count). The smallest absolute Gasteiger partial charge is 0.229 e. The number of nitrogens with two attached hydrogens (primary N) is 1. The van der Waals surface area contributed by atoms with Gasteiger partial charge < -0.3 is 11.1 Å². The Balaban J connectivity index is 1.41. The molecule has 4 unspecified atom stereocenters. The van der Waals surface area contributed by atoms with Crippen molar-refractivity contribution >= 4 is 11.6 Å². The Kier molecular flexibility index (Phi) is 3.65. The van der Waals surface area contributed by atoms with Crippen molar-refractivity contribution < 1.29 is 4.79 Å². The highest BCUT2D eigenvalue weighted by Crippen LogP contribution is 2.47. The van der Waals surface area contributed by atoms with Crippen molar-refractivity contribution in [1.82, 2.24) is 9.78 Å². The lowest BCUT2D eigenvalue weighted by Crippen LogP contribution is -2.42. The Morgan fingerprint density at radius 1 is 1.26 bits per heavy atom. The first-order valence-electron chi connectivity index (χ1n) is 8.33. The second-order valence-electron chi connectivity index (χ2n) is 6.84. The van der Waals surface area contributed by atoms with E-state index in [-0.39, 0.29) is 17.9 Å². The van der Waals surface area contributed by atoms with Gasteiger partial charge in [0.25, 0.3) is 0 Å². The first-order valence-corrected chi connectivity index (χ1v) is 8.33. The molecule has 23 heavy (non-hydrogen) atoms. The number of fused-ring (bicyclic) bond motifs is 2. The summed E-state index contributed by atoms with van der Waals surface area (Å²) >= 11 is 0. The molecule has 2 aromatic rings. The zero-order valence-electron chi connectivity index (χ0n) is 13.1. The summed E-state index contributed by atoms with van der Waals surface area (Å²) in [5, 5.41) is 7.33. The maximum atomic E-state index is 12.6. The van der Waals surface area contributed by atoms with Crippen molar-refractivity contribution in [3.63, 3.8) is 0 Å². The molecule has 2 saturated carbocycles. The molecule has 0 aliphatic heterocycles. The van der Waals surface area contributed by atoms with Crippen LogP contribution in [0.5, 0.6) is 0 Å². The maximum Gasteiger partial charge on any atom is 0.229 e. The lowest BCUT2D eigenvalue weighted by atomic mass is 9.84. The summed E-state index contributed by atoms with van der Waals surface area (Å²) in [5.74, 6) is 1.03. The predicted molar refractivity (Wildman–Crippen MR) is 88.7 cm³/mol. The lowest BCUT2D eigenvalue weighted by Gasteiger charge is -2.26. The first kappa shape index (κ1) is 14.5. The van der Waals surface area contributed by atoms with Crippen LogP contribution in [0.4, 0.5) is 5.69 Å². The van der Waals surface area contributed by atoms with E-state index in [1.54, 1.807) is 6.20 Å². The molecule has 3 N–H and O–H groups in total. The van der Waals surface area contributed by atoms with E-state index >= 15 is 0 Å². The van der Waals surface area contributed by atoms with E-state index < -0.39 is 0 Å². The van der Waals surface area contributed by atoms with Crippen molar-refractivity contribution in [2.75, 3.05) is 5.32 Å². The fraction of sp³-hybridized carbons (Fsp3) is 0.444. The number of hydrogen-bond acceptors (Lipinski definition) is 3. The summed E-state index contributed by atoms with van der Waals surface area (Å²) < 4.78 is 1.84. The number of nitrogens with zero attached hydrogens (tertiary/aromatic N) is 2. The molecular weight excluding hydrogens is 288 g/mol. The summed E-state index contributed by atoms with van der Waals surface area (Å²) in [5.41, 5.74) is 8.18. The van der Waals surface area contributed by atoms with Crippen LogP contribution in [-0.2, 0) is 11.3 Å². The molecule has 2 fully saturated rings. The number of carbonyl (C=O) groups excluding carboxylic acids is 1. The zero-order chi connectivity index (χ0) is 15.8. The van der Waals surface area contributed by atoms with Gasteiger partial charge in [-0.05, 0) is 36.7 Å². The highest BCUT2D eigenvalue weighted by atomic mass is 16.2. The van der Waals surface area contributed by atoms with E-state index in [1.807, 2.05) is 29.1 Å². The Bertz CT molecular complexity index is 694. The van der Waals surface area contributed by atoms with Gasteiger partial charge in [-0.15, -0.1) is 0 Å². The van der Waals surface area contributed by atoms with Crippen LogP contribution in [0.3, 0.4) is 0 Å². The third-order valence-electron chi connectivity index (χ3n) is 5.37. The normalized spacial score (nSPS) is 28.9. The molecule has 0 spiro atoms. The Morgan fingerprint density at radius 3 is 2.78 bits per heavy atom. The molecule has 120 valence electrons. The van der Waals surface area contributed by atoms with Crippen LogP contribution in [-0.4, -0.2) is 21.7 Å². The third-order valence-corrected chi connectivity index (χ3v) is 5.37. The minimum absolute atomic E-state index is 0.0214. The third kappa shape index (κ3) is 2.77. The molecule has 5 nitrogen and oxygen atoms in total. The summed E-state index contributed by atoms with van der Waals surface area (Å²) in [6.07, 6.45) is 7.03. The standard InChI is InChI=1S/C18H22N4O/c19-17-14-7-6-13(8-14)16(17)18(23)21-15-9-20-22(11-15)10-12-4-2-1-3-5-12/h1-5,9,11,13-14,16-17H,6-8,10,19H2,(H,21,23). The molecule has 2 aliphatic rings. The Hall–Kier alpha value is -2.14. The molecule has 4 atom stereocenters. The van der Waals surface area contributed by atoms with Crippen molar-refractivity contribution in [2.24, 2.45) is 23.5 Å². The molecule has 5 heteroatoms. The minimum Gasteiger partial charge on any atom is -0.327 e. The molecule has 1 heterocycles. The average molecular weight is 310 g/mol. The van der Waals surface area contributed by atoms with Gasteiger partial charge in [0.15, 0.2) is 0 Å². The van der Waals surface area contributed by atoms with E-state index in [0.717, 1.165) is 18.5 Å². The zero-order valence-corrected chi connectivity index (χ0v) is 13.1. The molecule has 2 bridgehead atoms. The van der Waals surface area contributed by atoms with Crippen molar-refractivity contribution in [3.05, 3.63) is 48.3 Å². The second kappa shape index (κ2) is 5.81. The fourth-order valence-corrected chi connectivity index (χ4v) is 4.24. The topological polar surface area (TPSA) is 72.9 Å². The van der Waals surface area contributed by atoms with Gasteiger partial charge in [0.05, 0.1) is 24.3 Å². The van der Waals surface area contributed by atoms with Gasteiger partial charge in [-0.2, -0.15) is 5.10 Å². The van der Waals surface area contributed by atoms with Crippen LogP contribution >= 0.6 is 0 Å². The second-order valence-corrected chi connectivity index (χ2v) is 6.84. The van der Waals surface area contributed by atoms with E-state index in [2.05, 4.69) is 22.5 Å². The van der Waals surface area contributed by atoms with Gasteiger partial charge in [-0.1, -0.05) is 30.3 Å². The van der Waals surface area contributed by atoms with Crippen LogP contribution in [0.2, 0.25) is 0 Å². The SMILES string of the molecule is NC1C2CCC(C2)C1C(=O)Nc1cnn(Cc2ccccc2)c1. The predicted octanol–water partition coefficient (Wildman–Crippen LogP) is 2.24. The molecule has 1 aromatic heterocycles. The largest absolute Gasteiger partial charge is 0.327 e. The molecule has 1 amide bonds. The highest BCUT2D eigenvalue weighted by molar-refractivity contribution is 5.93. The maximum absolute atomic E-state index is 12.6. The summed E-state index contributed by atoms with van der Waals surface area (Å²) in [6, 6.07) is 10.2. The van der Waals surface area contributed by atoms with Crippen LogP contribution in [0.25, 0.3) is 0 Å². The highest BCUT2D eigenvalue weighted by Gasteiger charge is 2.49. The summed E-state index contributed by atoms with van der Waals surface area (Å²) in [6.45, 7) is 0.699. The summed E-state index contributed by atoms with van der Waals surface area (Å²) in [7, 11) is 0. The van der Waals surface area contributed by atoms with Gasteiger partial charge in [0.1, 0.15) is 0 Å². The van der Waals surface area contributed by atoms with Gasteiger partial charge in [-0.25, -0.2) is 0 Å². The van der Waals surface area contributed by atoms with Crippen molar-refractivity contribution in [3.8, 4) is 0 Å². The Morgan fingerprint density at radius 2 is 2.04 bits per heavy atom. The van der Waals surface area contributed by atoms with Gasteiger partial charge in [-0.3, -0.25) is 9.48 Å². The quantitative estimate of drug-likeness (QED) is 0.909. The average Bonchev–Trinajstić information content (AvgIpc) is 3.25. The van der Waals surface area contributed by atoms with E-state index in [1.165, 1.54) is 12.0 Å². The number of amides is 1. The van der Waals surface area contributed by atoms with Crippen LogP contribution in [0.15, 0.2) is 42.7 Å². The fourth-order valence-electron chi connectivity index (χ4n) is 4.24. The number of anilines is 1. The van der Waals surface area contributed by atoms with Crippen molar-refractivity contribution in [2.45, 2.75) is 31.8 Å². The van der Waals surface area contributed by atoms with Gasteiger partial charge in [0, 0.05) is 12.2 Å². The minimum atomic E-state index is -0.0359. The van der Waals surface area contributed by atoms with Crippen LogP contribution in [0.1, 0.15) is 24.8 Å². The van der Waals surface area contributed by atoms with Crippen molar-refractivity contribution in [1.29, 1.82) is 0 Å². The molecule has 0 saturated heterocycles. The molecule has 2 aliphatic carbocycles. The summed E-state index contributed by atoms with van der Waals surface area (Å²) in [4.78, 5) is 12.6. The number of benzene rings is 1. The number of hydrogen-bond donors (Lipinski definition) is 2. The van der Waals surface area contributed by atoms with Gasteiger partial charge in [0.2, 0.25) is 5.91 Å². The number of rotatable bonds is 4. The monoisotopic (exact) mass is 310 g/mol. The van der Waals surface area contributed by atoms with Crippen LogP contribution < -0.4 is 11.1 Å². The van der Waals surface area contributed by atoms with E-state index in [9.17, 15) is 4.79 Å². The van der Waals surface area contributed by atoms with E-state index in [0.29, 0.717) is 18.4 Å². The molecular formula is C18H22N4O. The number of nitrogens with one attached hydrogen (secondary N) is 1. The lowest BCUT2D eigenvalue weighted by molar-refractivity contribution is -0.121.